The molecule has 0 N–H and O–H groups in total. The first-order valence-corrected chi connectivity index (χ1v) is 26.1. The van der Waals surface area contributed by atoms with E-state index in [9.17, 15) is 0 Å². The van der Waals surface area contributed by atoms with Crippen LogP contribution in [0.15, 0.2) is 297 Å². The van der Waals surface area contributed by atoms with Crippen LogP contribution in [-0.4, -0.2) is 0 Å². The molecule has 326 valence electrons. The van der Waals surface area contributed by atoms with E-state index in [1.807, 2.05) is 31.2 Å². The maximum Gasteiger partial charge on any atom is 0.0408 e. The molecule has 10 aromatic rings. The summed E-state index contributed by atoms with van der Waals surface area (Å²) >= 11 is 5.64. The summed E-state index contributed by atoms with van der Waals surface area (Å²) in [7, 11) is -1.34. The molecule has 0 aliphatic carbocycles. The van der Waals surface area contributed by atoms with E-state index in [-0.39, 0.29) is 19.5 Å². The number of halogens is 1. The van der Waals surface area contributed by atoms with Gasteiger partial charge in [-0.2, -0.15) is 0 Å². The van der Waals surface area contributed by atoms with Crippen molar-refractivity contribution in [2.45, 2.75) is 6.92 Å². The van der Waals surface area contributed by atoms with Crippen molar-refractivity contribution in [3.05, 3.63) is 308 Å². The van der Waals surface area contributed by atoms with E-state index < -0.39 is 23.8 Å². The van der Waals surface area contributed by atoms with Gasteiger partial charge in [-0.1, -0.05) is 297 Å². The minimum Gasteiger partial charge on any atom is -0.0843 e. The van der Waals surface area contributed by atoms with E-state index in [2.05, 4.69) is 273 Å². The number of rotatable bonds is 9. The second kappa shape index (κ2) is 27.8. The van der Waals surface area contributed by atoms with Gasteiger partial charge in [-0.15, -0.1) is 0 Å². The third-order valence-electron chi connectivity index (χ3n) is 10.1. The molecular weight excluding hydrogens is 962 g/mol. The third-order valence-corrected chi connectivity index (χ3v) is 17.7. The Hall–Kier alpha value is -5.60. The molecule has 0 aliphatic rings. The molecule has 10 aromatic carbocycles. The Morgan fingerprint density at radius 1 is 0.227 bits per heavy atom. The molecule has 66 heavy (non-hydrogen) atoms. The van der Waals surface area contributed by atoms with Crippen LogP contribution in [-0.2, 0) is 19.5 Å². The van der Waals surface area contributed by atoms with Crippen LogP contribution in [0.4, 0.5) is 0 Å². The Balaban J connectivity index is 0.000000150. The second-order valence-electron chi connectivity index (χ2n) is 14.8. The van der Waals surface area contributed by atoms with Gasteiger partial charge in [0, 0.05) is 24.5 Å². The Kier molecular flexibility index (Phi) is 21.0. The first-order chi connectivity index (χ1) is 32.1. The van der Waals surface area contributed by atoms with Crippen molar-refractivity contribution >= 4 is 83.1 Å². The molecule has 0 amide bonds. The van der Waals surface area contributed by atoms with Crippen LogP contribution in [0, 0.1) is 6.92 Å². The summed E-state index contributed by atoms with van der Waals surface area (Å²) in [6.45, 7) is 2.02. The zero-order valence-electron chi connectivity index (χ0n) is 36.9. The summed E-state index contributed by atoms with van der Waals surface area (Å²) in [5.74, 6) is 0. The van der Waals surface area contributed by atoms with E-state index in [4.69, 9.17) is 11.6 Å². The summed E-state index contributed by atoms with van der Waals surface area (Å²) < 4.78 is 0. The molecule has 0 fully saturated rings. The minimum absolute atomic E-state index is 0. The maximum absolute atomic E-state index is 5.64. The van der Waals surface area contributed by atoms with E-state index in [1.165, 1.54) is 53.3 Å². The van der Waals surface area contributed by atoms with Crippen molar-refractivity contribution in [2.75, 3.05) is 0 Å². The minimum atomic E-state index is -0.446. The zero-order valence-corrected chi connectivity index (χ0v) is 42.0. The summed E-state index contributed by atoms with van der Waals surface area (Å²) in [5, 5.41) is 13.4. The van der Waals surface area contributed by atoms with Crippen molar-refractivity contribution in [1.82, 2.24) is 0 Å². The third kappa shape index (κ3) is 15.2. The monoisotopic (exact) mass is 1010 g/mol. The van der Waals surface area contributed by atoms with E-state index in [0.717, 1.165) is 5.02 Å². The van der Waals surface area contributed by atoms with Crippen molar-refractivity contribution in [1.29, 1.82) is 0 Å². The summed E-state index contributed by atoms with van der Waals surface area (Å²) in [5.41, 5.74) is 1.21. The molecule has 0 saturated carbocycles. The van der Waals surface area contributed by atoms with Gasteiger partial charge in [-0.05, 0) is 96.1 Å². The van der Waals surface area contributed by atoms with Crippen LogP contribution < -0.4 is 47.7 Å². The molecule has 0 unspecified atom stereocenters. The molecule has 0 heterocycles. The molecule has 0 bridgehead atoms. The zero-order chi connectivity index (χ0) is 44.7. The molecule has 0 nitrogen and oxygen atoms in total. The van der Waals surface area contributed by atoms with E-state index in [1.54, 1.807) is 0 Å². The van der Waals surface area contributed by atoms with Gasteiger partial charge in [-0.3, -0.25) is 0 Å². The number of aryl methyl sites for hydroxylation is 1. The summed E-state index contributed by atoms with van der Waals surface area (Å²) in [6.07, 6.45) is 0. The Morgan fingerprint density at radius 3 is 0.515 bits per heavy atom. The second-order valence-corrected chi connectivity index (χ2v) is 21.9. The maximum atomic E-state index is 5.64. The van der Waals surface area contributed by atoms with Gasteiger partial charge in [0.1, 0.15) is 0 Å². The molecule has 0 aliphatic heterocycles. The fraction of sp³-hybridized carbons (Fsp3) is 0.0164. The predicted molar refractivity (Wildman–Crippen MR) is 292 cm³/mol. The van der Waals surface area contributed by atoms with Crippen LogP contribution in [0.5, 0.6) is 0 Å². The molecule has 0 saturated heterocycles. The van der Waals surface area contributed by atoms with Gasteiger partial charge >= 0.3 is 0 Å². The fourth-order valence-electron chi connectivity index (χ4n) is 7.14. The van der Waals surface area contributed by atoms with Crippen molar-refractivity contribution < 1.29 is 19.5 Å². The van der Waals surface area contributed by atoms with Crippen LogP contribution >= 0.6 is 35.4 Å². The Labute approximate surface area is 414 Å². The smallest absolute Gasteiger partial charge is 0.0408 e. The van der Waals surface area contributed by atoms with Gasteiger partial charge in [0.15, 0.2) is 0 Å². The van der Waals surface area contributed by atoms with Gasteiger partial charge in [0.05, 0.1) is 0 Å². The van der Waals surface area contributed by atoms with Crippen LogP contribution in [0.3, 0.4) is 0 Å². The van der Waals surface area contributed by atoms with E-state index >= 15 is 0 Å². The van der Waals surface area contributed by atoms with Gasteiger partial charge in [0.2, 0.25) is 0 Å². The molecule has 10 rings (SSSR count). The average Bonchev–Trinajstić information content (AvgIpc) is 3.38. The van der Waals surface area contributed by atoms with Crippen molar-refractivity contribution in [3.8, 4) is 0 Å². The normalized spacial score (nSPS) is 10.3. The molecule has 0 aromatic heterocycles. The number of hydrogen-bond acceptors (Lipinski definition) is 0. The van der Waals surface area contributed by atoms with Crippen LogP contribution in [0.2, 0.25) is 5.02 Å². The first kappa shape index (κ1) is 49.8. The topological polar surface area (TPSA) is 0 Å². The van der Waals surface area contributed by atoms with Gasteiger partial charge in [0.25, 0.3) is 0 Å². The summed E-state index contributed by atoms with van der Waals surface area (Å²) in [4.78, 5) is 0. The van der Waals surface area contributed by atoms with Crippen LogP contribution in [0.25, 0.3) is 0 Å². The standard InChI is InChI=1S/3C18H15P.C7H7Cl.Ru/c3*1-4-10-16(11-5-1)19(17-12-6-2-7-13-17)18-14-8-3-9-15-18;1-6-3-2-4-7(8)5-6;/h3*1-15H;2-5H,1H3;. The predicted octanol–water partition coefficient (Wildman–Crippen LogP) is 13.0. The molecule has 5 heteroatoms. The number of hydrogen-bond donors (Lipinski definition) is 0. The van der Waals surface area contributed by atoms with Crippen molar-refractivity contribution in [2.24, 2.45) is 0 Å². The number of benzene rings is 10. The fourth-order valence-corrected chi connectivity index (χ4v) is 14.3. The average molecular weight is 1010 g/mol. The Morgan fingerprint density at radius 2 is 0.394 bits per heavy atom. The Bertz CT molecular complexity index is 2230. The SMILES string of the molecule is Cc1cccc(Cl)c1.[Ru].c1ccc(P(c2ccccc2)c2ccccc2)cc1.c1ccc(P(c2ccccc2)c2ccccc2)cc1.c1ccc(P(c2ccccc2)c2ccccc2)cc1. The van der Waals surface area contributed by atoms with Crippen LogP contribution in [0.1, 0.15) is 5.56 Å². The van der Waals surface area contributed by atoms with Crippen molar-refractivity contribution in [3.63, 3.8) is 0 Å². The summed E-state index contributed by atoms with van der Waals surface area (Å²) in [6, 6.07) is 105. The largest absolute Gasteiger partial charge is 0.0843 e. The molecular formula is C61H52ClP3Ru. The van der Waals surface area contributed by atoms with Gasteiger partial charge < -0.3 is 0 Å². The van der Waals surface area contributed by atoms with Gasteiger partial charge in [-0.25, -0.2) is 0 Å². The molecule has 0 atom stereocenters. The molecule has 0 spiro atoms. The quantitative estimate of drug-likeness (QED) is 0.0998. The first-order valence-electron chi connectivity index (χ1n) is 21.7. The molecule has 0 radical (unpaired) electrons. The van der Waals surface area contributed by atoms with E-state index in [0.29, 0.717) is 0 Å².